The Balaban J connectivity index is 1.91. The molecular weight excluding hydrogens is 370 g/mol. The zero-order valence-electron chi connectivity index (χ0n) is 17.0. The molecule has 0 atom stereocenters. The number of nitrogens with zero attached hydrogens (tertiary/aromatic N) is 3. The fourth-order valence-electron chi connectivity index (χ4n) is 3.73. The van der Waals surface area contributed by atoms with E-state index in [2.05, 4.69) is 12.6 Å². The number of amides is 4. The monoisotopic (exact) mass is 393 g/mol. The van der Waals surface area contributed by atoms with Gasteiger partial charge in [0, 0.05) is 29.2 Å². The second kappa shape index (κ2) is 7.50. The van der Waals surface area contributed by atoms with Gasteiger partial charge < -0.3 is 4.57 Å². The summed E-state index contributed by atoms with van der Waals surface area (Å²) in [6.45, 7) is 10.6. The summed E-state index contributed by atoms with van der Waals surface area (Å²) in [6.07, 6.45) is 1.35. The van der Waals surface area contributed by atoms with Gasteiger partial charge in [-0.05, 0) is 57.0 Å². The normalized spacial score (nSPS) is 14.1. The van der Waals surface area contributed by atoms with Crippen molar-refractivity contribution in [3.8, 4) is 5.69 Å². The third-order valence-electron chi connectivity index (χ3n) is 4.94. The van der Waals surface area contributed by atoms with Gasteiger partial charge in [-0.25, -0.2) is 9.69 Å². The number of imide groups is 2. The fraction of sp³-hybridized carbons (Fsp3) is 0.273. The molecule has 4 amide bonds. The van der Waals surface area contributed by atoms with Crippen LogP contribution in [-0.2, 0) is 9.59 Å². The van der Waals surface area contributed by atoms with Crippen LogP contribution in [0.25, 0.3) is 5.69 Å². The number of Topliss-reactive ketones (excluding diaryl/α,β-unsaturated/α-hetero) is 1. The Bertz CT molecular complexity index is 1040. The first-order valence-corrected chi connectivity index (χ1v) is 9.24. The predicted octanol–water partition coefficient (Wildman–Crippen LogP) is 2.87. The minimum absolute atomic E-state index is 0.0741. The van der Waals surface area contributed by atoms with Crippen molar-refractivity contribution in [2.45, 2.75) is 27.7 Å². The molecule has 150 valence electrons. The van der Waals surface area contributed by atoms with Crippen molar-refractivity contribution in [1.29, 1.82) is 0 Å². The minimum atomic E-state index is -0.992. The van der Waals surface area contributed by atoms with Crippen molar-refractivity contribution in [3.63, 3.8) is 0 Å². The zero-order valence-corrected chi connectivity index (χ0v) is 17.0. The Morgan fingerprint density at radius 3 is 2.10 bits per heavy atom. The van der Waals surface area contributed by atoms with Gasteiger partial charge in [-0.3, -0.25) is 19.3 Å². The van der Waals surface area contributed by atoms with Gasteiger partial charge >= 0.3 is 17.8 Å². The van der Waals surface area contributed by atoms with E-state index in [1.165, 1.54) is 6.08 Å². The van der Waals surface area contributed by atoms with Gasteiger partial charge in [0.15, 0.2) is 5.78 Å². The minimum Gasteiger partial charge on any atom is -0.318 e. The van der Waals surface area contributed by atoms with Crippen molar-refractivity contribution in [3.05, 3.63) is 65.0 Å². The first kappa shape index (κ1) is 20.3. The number of hydrogen-bond acceptors (Lipinski definition) is 4. The van der Waals surface area contributed by atoms with Crippen LogP contribution in [0.5, 0.6) is 0 Å². The standard InChI is InChI=1S/C22H23N3O4/c1-6-7-23-20(27)21(28)24(22(23)29)12-19(26)18-11-15(4)25(16(18)5)17-9-13(2)8-14(3)10-17/h6,8-11H,1,7,12H2,2-5H3. The molecule has 0 aliphatic carbocycles. The number of aromatic nitrogens is 1. The van der Waals surface area contributed by atoms with Crippen LogP contribution in [0.1, 0.15) is 32.9 Å². The molecule has 1 aliphatic rings. The van der Waals surface area contributed by atoms with Crippen molar-refractivity contribution >= 4 is 23.6 Å². The average Bonchev–Trinajstić information content (AvgIpc) is 3.04. The molecule has 1 fully saturated rings. The Hall–Kier alpha value is -3.48. The van der Waals surface area contributed by atoms with Gasteiger partial charge in [-0.1, -0.05) is 12.1 Å². The second-order valence-corrected chi connectivity index (χ2v) is 7.27. The van der Waals surface area contributed by atoms with Crippen LogP contribution in [-0.4, -0.2) is 51.1 Å². The van der Waals surface area contributed by atoms with E-state index in [4.69, 9.17) is 0 Å². The Kier molecular flexibility index (Phi) is 5.24. The maximum atomic E-state index is 12.9. The number of benzene rings is 1. The van der Waals surface area contributed by atoms with Gasteiger partial charge in [0.05, 0.1) is 6.54 Å². The van der Waals surface area contributed by atoms with Gasteiger partial charge in [0.1, 0.15) is 0 Å². The van der Waals surface area contributed by atoms with E-state index >= 15 is 0 Å². The Morgan fingerprint density at radius 2 is 1.52 bits per heavy atom. The molecule has 0 radical (unpaired) electrons. The number of rotatable bonds is 6. The lowest BCUT2D eigenvalue weighted by atomic mass is 10.1. The van der Waals surface area contributed by atoms with Crippen molar-refractivity contribution in [2.24, 2.45) is 0 Å². The van der Waals surface area contributed by atoms with Crippen molar-refractivity contribution < 1.29 is 19.2 Å². The molecule has 0 unspecified atom stereocenters. The van der Waals surface area contributed by atoms with Gasteiger partial charge in [-0.2, -0.15) is 0 Å². The largest absolute Gasteiger partial charge is 0.334 e. The number of hydrogen-bond donors (Lipinski definition) is 0. The van der Waals surface area contributed by atoms with E-state index in [0.717, 1.165) is 27.4 Å². The molecule has 0 saturated carbocycles. The van der Waals surface area contributed by atoms with E-state index in [9.17, 15) is 19.2 Å². The van der Waals surface area contributed by atoms with E-state index in [-0.39, 0.29) is 6.54 Å². The highest BCUT2D eigenvalue weighted by Crippen LogP contribution is 2.24. The Morgan fingerprint density at radius 1 is 0.931 bits per heavy atom. The molecule has 1 saturated heterocycles. The number of ketones is 1. The molecule has 0 spiro atoms. The van der Waals surface area contributed by atoms with Crippen LogP contribution in [0.3, 0.4) is 0 Å². The quantitative estimate of drug-likeness (QED) is 0.327. The first-order chi connectivity index (χ1) is 13.6. The summed E-state index contributed by atoms with van der Waals surface area (Å²) >= 11 is 0. The van der Waals surface area contributed by atoms with Gasteiger partial charge in [0.25, 0.3) is 0 Å². The van der Waals surface area contributed by atoms with E-state index in [0.29, 0.717) is 16.2 Å². The van der Waals surface area contributed by atoms with Gasteiger partial charge in [-0.15, -0.1) is 6.58 Å². The number of carbonyl (C=O) groups excluding carboxylic acids is 4. The summed E-state index contributed by atoms with van der Waals surface area (Å²) in [5.74, 6) is -2.33. The summed E-state index contributed by atoms with van der Waals surface area (Å²) in [7, 11) is 0. The van der Waals surface area contributed by atoms with E-state index in [1.54, 1.807) is 6.07 Å². The predicted molar refractivity (Wildman–Crippen MR) is 108 cm³/mol. The highest BCUT2D eigenvalue weighted by molar-refractivity contribution is 6.45. The molecule has 2 aromatic rings. The fourth-order valence-corrected chi connectivity index (χ4v) is 3.73. The maximum Gasteiger partial charge on any atom is 0.334 e. The molecule has 7 nitrogen and oxygen atoms in total. The lowest BCUT2D eigenvalue weighted by Gasteiger charge is -2.14. The highest BCUT2D eigenvalue weighted by atomic mass is 16.2. The molecule has 1 aromatic carbocycles. The lowest BCUT2D eigenvalue weighted by Crippen LogP contribution is -2.37. The van der Waals surface area contributed by atoms with Crippen LogP contribution in [0, 0.1) is 27.7 Å². The molecule has 0 N–H and O–H groups in total. The molecular formula is C22H23N3O4. The third-order valence-corrected chi connectivity index (χ3v) is 4.94. The summed E-state index contributed by atoms with van der Waals surface area (Å²) < 4.78 is 1.97. The van der Waals surface area contributed by atoms with Gasteiger partial charge in [0.2, 0.25) is 0 Å². The van der Waals surface area contributed by atoms with E-state index < -0.39 is 30.2 Å². The topological polar surface area (TPSA) is 79.7 Å². The maximum absolute atomic E-state index is 12.9. The first-order valence-electron chi connectivity index (χ1n) is 9.24. The smallest absolute Gasteiger partial charge is 0.318 e. The van der Waals surface area contributed by atoms with Crippen LogP contribution >= 0.6 is 0 Å². The lowest BCUT2D eigenvalue weighted by molar-refractivity contribution is -0.142. The van der Waals surface area contributed by atoms with Crippen molar-refractivity contribution in [1.82, 2.24) is 14.4 Å². The molecule has 2 heterocycles. The molecule has 0 bridgehead atoms. The second-order valence-electron chi connectivity index (χ2n) is 7.27. The number of carbonyl (C=O) groups is 4. The summed E-state index contributed by atoms with van der Waals surface area (Å²) in [6, 6.07) is 7.07. The summed E-state index contributed by atoms with van der Waals surface area (Å²) in [5, 5.41) is 0. The Labute approximate surface area is 169 Å². The average molecular weight is 393 g/mol. The van der Waals surface area contributed by atoms with Crippen LogP contribution in [0.4, 0.5) is 4.79 Å². The molecule has 3 rings (SSSR count). The third kappa shape index (κ3) is 3.51. The van der Waals surface area contributed by atoms with Crippen LogP contribution < -0.4 is 0 Å². The highest BCUT2D eigenvalue weighted by Gasteiger charge is 2.44. The van der Waals surface area contributed by atoms with Crippen molar-refractivity contribution in [2.75, 3.05) is 13.1 Å². The van der Waals surface area contributed by atoms with Crippen LogP contribution in [0.2, 0.25) is 0 Å². The molecule has 29 heavy (non-hydrogen) atoms. The molecule has 1 aliphatic heterocycles. The number of aryl methyl sites for hydroxylation is 3. The molecule has 1 aromatic heterocycles. The zero-order chi connectivity index (χ0) is 21.5. The molecule has 7 heteroatoms. The summed E-state index contributed by atoms with van der Waals surface area (Å²) in [4.78, 5) is 50.8. The summed E-state index contributed by atoms with van der Waals surface area (Å²) in [5.41, 5.74) is 5.14. The number of urea groups is 1. The van der Waals surface area contributed by atoms with Crippen LogP contribution in [0.15, 0.2) is 36.9 Å². The van der Waals surface area contributed by atoms with E-state index in [1.807, 2.05) is 44.4 Å². The SMILES string of the molecule is C=CCN1C(=O)C(=O)N(CC(=O)c2cc(C)n(-c3cc(C)cc(C)c3)c2C)C1=O.